The first kappa shape index (κ1) is 11.0. The van der Waals surface area contributed by atoms with Crippen molar-refractivity contribution in [1.29, 1.82) is 5.26 Å². The molecule has 0 spiro atoms. The smallest absolute Gasteiger partial charge is 0.186 e. The lowest BCUT2D eigenvalue weighted by atomic mass is 9.78. The van der Waals surface area contributed by atoms with E-state index in [2.05, 4.69) is 28.5 Å². The van der Waals surface area contributed by atoms with Crippen LogP contribution in [0.1, 0.15) is 31.9 Å². The van der Waals surface area contributed by atoms with Crippen LogP contribution in [0.4, 0.5) is 5.69 Å². The number of nitrogens with one attached hydrogen (secondary N) is 1. The molecule has 1 aromatic carbocycles. The molecule has 0 bridgehead atoms. The summed E-state index contributed by atoms with van der Waals surface area (Å²) in [5.41, 5.74) is 2.12. The number of rotatable bonds is 2. The van der Waals surface area contributed by atoms with Gasteiger partial charge in [-0.05, 0) is 32.3 Å². The van der Waals surface area contributed by atoms with Crippen LogP contribution in [0, 0.1) is 11.3 Å². The summed E-state index contributed by atoms with van der Waals surface area (Å²) in [6, 6.07) is 9.90. The van der Waals surface area contributed by atoms with Crippen molar-refractivity contribution in [2.75, 3.05) is 5.32 Å². The van der Waals surface area contributed by atoms with Crippen molar-refractivity contribution in [3.05, 3.63) is 30.0 Å². The Morgan fingerprint density at radius 2 is 2.06 bits per heavy atom. The second kappa shape index (κ2) is 3.95. The molecule has 1 heterocycles. The fourth-order valence-electron chi connectivity index (χ4n) is 2.39. The van der Waals surface area contributed by atoms with Crippen LogP contribution in [0.5, 0.6) is 0 Å². The number of nitriles is 1. The van der Waals surface area contributed by atoms with Gasteiger partial charge < -0.3 is 5.32 Å². The molecule has 4 heteroatoms. The molecule has 3 rings (SSSR count). The van der Waals surface area contributed by atoms with E-state index in [0.717, 1.165) is 29.4 Å². The Balaban J connectivity index is 2.15. The Morgan fingerprint density at radius 1 is 1.28 bits per heavy atom. The van der Waals surface area contributed by atoms with E-state index in [1.807, 2.05) is 24.3 Å². The van der Waals surface area contributed by atoms with Gasteiger partial charge in [0.05, 0.1) is 11.2 Å². The fraction of sp³-hybridized carbons (Fsp3) is 0.357. The summed E-state index contributed by atoms with van der Waals surface area (Å²) in [7, 11) is 0. The molecule has 18 heavy (non-hydrogen) atoms. The minimum Gasteiger partial charge on any atom is -0.377 e. The van der Waals surface area contributed by atoms with Crippen LogP contribution in [0.3, 0.4) is 0 Å². The Hall–Kier alpha value is -2.15. The first-order valence-corrected chi connectivity index (χ1v) is 6.16. The third-order valence-electron chi connectivity index (χ3n) is 3.66. The molecule has 1 aromatic heterocycles. The Kier molecular flexibility index (Phi) is 2.41. The molecule has 90 valence electrons. The third-order valence-corrected chi connectivity index (χ3v) is 3.66. The maximum atomic E-state index is 9.17. The highest BCUT2D eigenvalue weighted by molar-refractivity contribution is 5.93. The zero-order valence-electron chi connectivity index (χ0n) is 10.3. The van der Waals surface area contributed by atoms with Gasteiger partial charge in [0.15, 0.2) is 5.69 Å². The summed E-state index contributed by atoms with van der Waals surface area (Å²) in [6.45, 7) is 2.19. The summed E-state index contributed by atoms with van der Waals surface area (Å²) in [4.78, 5) is 0. The maximum absolute atomic E-state index is 9.17. The third kappa shape index (κ3) is 1.68. The van der Waals surface area contributed by atoms with Crippen molar-refractivity contribution in [1.82, 2.24) is 10.2 Å². The van der Waals surface area contributed by atoms with Gasteiger partial charge in [-0.3, -0.25) is 0 Å². The molecule has 1 N–H and O–H groups in total. The minimum absolute atomic E-state index is 0.0946. The lowest BCUT2D eigenvalue weighted by Gasteiger charge is -2.40. The van der Waals surface area contributed by atoms with E-state index in [9.17, 15) is 5.26 Å². The number of hydrogen-bond donors (Lipinski definition) is 1. The van der Waals surface area contributed by atoms with Crippen molar-refractivity contribution in [3.63, 3.8) is 0 Å². The summed E-state index contributed by atoms with van der Waals surface area (Å²) in [6.07, 6.45) is 3.50. The van der Waals surface area contributed by atoms with Gasteiger partial charge in [-0.25, -0.2) is 0 Å². The molecule has 0 saturated heterocycles. The summed E-state index contributed by atoms with van der Waals surface area (Å²) >= 11 is 0. The first-order chi connectivity index (χ1) is 8.72. The fourth-order valence-corrected chi connectivity index (χ4v) is 2.39. The second-order valence-corrected chi connectivity index (χ2v) is 5.09. The zero-order valence-corrected chi connectivity index (χ0v) is 10.3. The number of hydrogen-bond acceptors (Lipinski definition) is 4. The lowest BCUT2D eigenvalue weighted by molar-refractivity contribution is 0.307. The van der Waals surface area contributed by atoms with Gasteiger partial charge in [0.1, 0.15) is 6.07 Å². The molecular weight excluding hydrogens is 224 g/mol. The number of anilines is 1. The van der Waals surface area contributed by atoms with Gasteiger partial charge in [0, 0.05) is 10.9 Å². The van der Waals surface area contributed by atoms with Crippen molar-refractivity contribution in [2.45, 2.75) is 31.7 Å². The molecular formula is C14H14N4. The molecule has 0 atom stereocenters. The standard InChI is InChI=1S/C14H14N4/c1-14(7-4-8-14)16-13-10-5-2-3-6-11(10)17-18-12(13)9-15/h2-3,5-6H,4,7-8H2,1H3,(H,16,17). The highest BCUT2D eigenvalue weighted by atomic mass is 15.1. The molecule has 1 aliphatic carbocycles. The van der Waals surface area contributed by atoms with E-state index in [0.29, 0.717) is 5.69 Å². The minimum atomic E-state index is 0.0946. The predicted octanol–water partition coefficient (Wildman–Crippen LogP) is 2.86. The molecule has 1 fully saturated rings. The van der Waals surface area contributed by atoms with Crippen LogP contribution in [0.15, 0.2) is 24.3 Å². The predicted molar refractivity (Wildman–Crippen MR) is 70.1 cm³/mol. The molecule has 0 aliphatic heterocycles. The topological polar surface area (TPSA) is 61.6 Å². The monoisotopic (exact) mass is 238 g/mol. The van der Waals surface area contributed by atoms with Crippen LogP contribution in [0.25, 0.3) is 10.9 Å². The van der Waals surface area contributed by atoms with Gasteiger partial charge in [-0.2, -0.15) is 5.26 Å². The van der Waals surface area contributed by atoms with Gasteiger partial charge in [0.25, 0.3) is 0 Å². The normalized spacial score (nSPS) is 16.9. The highest BCUT2D eigenvalue weighted by Gasteiger charge is 2.32. The van der Waals surface area contributed by atoms with E-state index in [-0.39, 0.29) is 5.54 Å². The van der Waals surface area contributed by atoms with Gasteiger partial charge in [-0.1, -0.05) is 18.2 Å². The quantitative estimate of drug-likeness (QED) is 0.873. The number of fused-ring (bicyclic) bond motifs is 1. The van der Waals surface area contributed by atoms with E-state index in [4.69, 9.17) is 0 Å². The number of benzene rings is 1. The SMILES string of the molecule is CC1(Nc2c(C#N)nnc3ccccc23)CCC1. The van der Waals surface area contributed by atoms with E-state index in [1.165, 1.54) is 6.42 Å². The molecule has 1 aliphatic rings. The molecule has 4 nitrogen and oxygen atoms in total. The van der Waals surface area contributed by atoms with Crippen LogP contribution in [-0.2, 0) is 0 Å². The van der Waals surface area contributed by atoms with E-state index in [1.54, 1.807) is 0 Å². The summed E-state index contributed by atoms with van der Waals surface area (Å²) in [5.74, 6) is 0. The van der Waals surface area contributed by atoms with Gasteiger partial charge in [0.2, 0.25) is 0 Å². The van der Waals surface area contributed by atoms with Crippen LogP contribution >= 0.6 is 0 Å². The summed E-state index contributed by atoms with van der Waals surface area (Å²) in [5, 5.41) is 21.7. The highest BCUT2D eigenvalue weighted by Crippen LogP contribution is 2.37. The number of aromatic nitrogens is 2. The molecule has 2 aromatic rings. The molecule has 0 radical (unpaired) electrons. The van der Waals surface area contributed by atoms with Crippen molar-refractivity contribution < 1.29 is 0 Å². The van der Waals surface area contributed by atoms with Crippen LogP contribution in [0.2, 0.25) is 0 Å². The van der Waals surface area contributed by atoms with Crippen molar-refractivity contribution in [2.24, 2.45) is 0 Å². The van der Waals surface area contributed by atoms with Crippen molar-refractivity contribution >= 4 is 16.6 Å². The largest absolute Gasteiger partial charge is 0.377 e. The van der Waals surface area contributed by atoms with Crippen LogP contribution < -0.4 is 5.32 Å². The maximum Gasteiger partial charge on any atom is 0.186 e. The average molecular weight is 238 g/mol. The Labute approximate surface area is 106 Å². The van der Waals surface area contributed by atoms with E-state index >= 15 is 0 Å². The van der Waals surface area contributed by atoms with Gasteiger partial charge >= 0.3 is 0 Å². The van der Waals surface area contributed by atoms with Crippen molar-refractivity contribution in [3.8, 4) is 6.07 Å². The Bertz CT molecular complexity index is 638. The first-order valence-electron chi connectivity index (χ1n) is 6.16. The number of nitrogens with zero attached hydrogens (tertiary/aromatic N) is 3. The molecule has 0 amide bonds. The summed E-state index contributed by atoms with van der Waals surface area (Å²) < 4.78 is 0. The molecule has 1 saturated carbocycles. The van der Waals surface area contributed by atoms with Gasteiger partial charge in [-0.15, -0.1) is 10.2 Å². The van der Waals surface area contributed by atoms with E-state index < -0.39 is 0 Å². The lowest BCUT2D eigenvalue weighted by Crippen LogP contribution is -2.42. The second-order valence-electron chi connectivity index (χ2n) is 5.09. The van der Waals surface area contributed by atoms with Crippen LogP contribution in [-0.4, -0.2) is 15.7 Å². The zero-order chi connectivity index (χ0) is 12.6. The Morgan fingerprint density at radius 3 is 2.72 bits per heavy atom. The average Bonchev–Trinajstić information content (AvgIpc) is 2.37. The molecule has 0 unspecified atom stereocenters.